The van der Waals surface area contributed by atoms with Gasteiger partial charge in [0.2, 0.25) is 0 Å². The Morgan fingerprint density at radius 2 is 1.03 bits per heavy atom. The lowest BCUT2D eigenvalue weighted by Crippen LogP contribution is -2.08. The molecule has 0 amide bonds. The smallest absolute Gasteiger partial charge is 0.0783 e. The number of para-hydroxylation sites is 2. The Hall–Kier alpha value is -4.52. The van der Waals surface area contributed by atoms with Crippen molar-refractivity contribution in [3.8, 4) is 22.5 Å². The first-order chi connectivity index (χ1) is 18.5. The highest BCUT2D eigenvalue weighted by molar-refractivity contribution is 5.96. The molecule has 6 aromatic rings. The maximum atomic E-state index is 9.96. The third-order valence-corrected chi connectivity index (χ3v) is 6.39. The van der Waals surface area contributed by atoms with Gasteiger partial charge in [-0.25, -0.2) is 0 Å². The highest BCUT2D eigenvalue weighted by Crippen LogP contribution is 2.33. The van der Waals surface area contributed by atoms with Crippen molar-refractivity contribution < 1.29 is 5.11 Å². The fourth-order valence-corrected chi connectivity index (χ4v) is 4.57. The van der Waals surface area contributed by atoms with Gasteiger partial charge in [-0.3, -0.25) is 19.9 Å². The molecule has 0 fully saturated rings. The average molecular weight is 500 g/mol. The molecule has 0 aliphatic heterocycles. The van der Waals surface area contributed by atoms with Crippen molar-refractivity contribution in [1.29, 1.82) is 0 Å². The first-order valence-corrected chi connectivity index (χ1v) is 12.6. The Balaban J connectivity index is 0.000000155. The number of aliphatic hydroxyl groups excluding tert-OH is 1. The molecule has 6 nitrogen and oxygen atoms in total. The maximum absolute atomic E-state index is 9.96. The second-order valence-electron chi connectivity index (χ2n) is 9.11. The second-order valence-corrected chi connectivity index (χ2v) is 9.11. The van der Waals surface area contributed by atoms with Crippen molar-refractivity contribution in [3.63, 3.8) is 0 Å². The lowest BCUT2D eigenvalue weighted by Gasteiger charge is -2.14. The molecule has 0 bridgehead atoms. The predicted octanol–water partition coefficient (Wildman–Crippen LogP) is 6.67. The quantitative estimate of drug-likeness (QED) is 0.281. The lowest BCUT2D eigenvalue weighted by molar-refractivity contribution is 0.199. The molecule has 0 saturated carbocycles. The predicted molar refractivity (Wildman–Crippen MR) is 153 cm³/mol. The maximum Gasteiger partial charge on any atom is 0.0783 e. The summed E-state index contributed by atoms with van der Waals surface area (Å²) in [4.78, 5) is 17.7. The van der Waals surface area contributed by atoms with Crippen LogP contribution in [0.25, 0.3) is 44.3 Å². The van der Waals surface area contributed by atoms with Crippen LogP contribution in [0.1, 0.15) is 37.1 Å². The molecule has 6 heteroatoms. The highest BCUT2D eigenvalue weighted by Gasteiger charge is 2.15. The fourth-order valence-electron chi connectivity index (χ4n) is 4.57. The SMILES string of the molecule is CC(N)c1cnc2ccccc2c1-c1ccccn1.CC(O)c1cnc2ccccc2c1-c1ccccn1. The molecule has 0 spiro atoms. The summed E-state index contributed by atoms with van der Waals surface area (Å²) in [6, 6.07) is 27.6. The molecule has 3 N–H and O–H groups in total. The molecule has 188 valence electrons. The number of rotatable bonds is 4. The van der Waals surface area contributed by atoms with E-state index in [1.54, 1.807) is 25.5 Å². The van der Waals surface area contributed by atoms with Crippen molar-refractivity contribution in [3.05, 3.63) is 121 Å². The van der Waals surface area contributed by atoms with Gasteiger partial charge >= 0.3 is 0 Å². The van der Waals surface area contributed by atoms with E-state index in [0.29, 0.717) is 0 Å². The Morgan fingerprint density at radius 3 is 1.47 bits per heavy atom. The van der Waals surface area contributed by atoms with Crippen molar-refractivity contribution in [2.24, 2.45) is 5.73 Å². The van der Waals surface area contributed by atoms with E-state index in [0.717, 1.165) is 55.4 Å². The van der Waals surface area contributed by atoms with Crippen LogP contribution in [0, 0.1) is 0 Å². The van der Waals surface area contributed by atoms with Gasteiger partial charge in [-0.2, -0.15) is 0 Å². The summed E-state index contributed by atoms with van der Waals surface area (Å²) in [5.74, 6) is 0. The van der Waals surface area contributed by atoms with Gasteiger partial charge in [0, 0.05) is 58.3 Å². The molecule has 0 radical (unpaired) electrons. The summed E-state index contributed by atoms with van der Waals surface area (Å²) < 4.78 is 0. The van der Waals surface area contributed by atoms with Crippen LogP contribution in [-0.2, 0) is 0 Å². The molecule has 2 unspecified atom stereocenters. The van der Waals surface area contributed by atoms with Crippen molar-refractivity contribution in [2.45, 2.75) is 26.0 Å². The van der Waals surface area contributed by atoms with E-state index in [9.17, 15) is 5.11 Å². The number of nitrogens with two attached hydrogens (primary N) is 1. The van der Waals surface area contributed by atoms with Gasteiger partial charge in [-0.1, -0.05) is 48.5 Å². The van der Waals surface area contributed by atoms with Crippen LogP contribution in [0.4, 0.5) is 0 Å². The van der Waals surface area contributed by atoms with Gasteiger partial charge < -0.3 is 10.8 Å². The van der Waals surface area contributed by atoms with E-state index in [-0.39, 0.29) is 6.04 Å². The molecule has 2 aromatic carbocycles. The fraction of sp³-hybridized carbons (Fsp3) is 0.125. The molecule has 2 atom stereocenters. The second kappa shape index (κ2) is 11.3. The number of hydrogen-bond donors (Lipinski definition) is 2. The zero-order valence-electron chi connectivity index (χ0n) is 21.4. The highest BCUT2D eigenvalue weighted by atomic mass is 16.3. The summed E-state index contributed by atoms with van der Waals surface area (Å²) in [5, 5.41) is 12.1. The number of pyridine rings is 4. The van der Waals surface area contributed by atoms with Crippen LogP contribution in [-0.4, -0.2) is 25.0 Å². The number of aliphatic hydroxyl groups is 1. The van der Waals surface area contributed by atoms with Gasteiger partial charge in [0.05, 0.1) is 28.5 Å². The van der Waals surface area contributed by atoms with E-state index in [1.165, 1.54) is 0 Å². The van der Waals surface area contributed by atoms with Crippen LogP contribution in [0.2, 0.25) is 0 Å². The number of benzene rings is 2. The van der Waals surface area contributed by atoms with E-state index >= 15 is 0 Å². The lowest BCUT2D eigenvalue weighted by atomic mass is 9.96. The van der Waals surface area contributed by atoms with E-state index in [4.69, 9.17) is 5.73 Å². The zero-order valence-corrected chi connectivity index (χ0v) is 21.4. The van der Waals surface area contributed by atoms with Gasteiger partial charge in [-0.05, 0) is 55.8 Å². The Morgan fingerprint density at radius 1 is 0.579 bits per heavy atom. The summed E-state index contributed by atoms with van der Waals surface area (Å²) in [6.07, 6.45) is 6.58. The Labute approximate surface area is 221 Å². The van der Waals surface area contributed by atoms with Crippen LogP contribution in [0.15, 0.2) is 110 Å². The van der Waals surface area contributed by atoms with Gasteiger partial charge in [0.1, 0.15) is 0 Å². The van der Waals surface area contributed by atoms with Gasteiger partial charge in [0.25, 0.3) is 0 Å². The number of fused-ring (bicyclic) bond motifs is 2. The standard InChI is InChI=1S/C16H15N3.C16H14N2O/c1-11(17)13-10-19-14-7-3-2-6-12(14)16(13)15-8-4-5-9-18-15;1-11(19)13-10-18-14-7-3-2-6-12(14)16(13)15-8-4-5-9-17-15/h2-11H,17H2,1H3;2-11,19H,1H3. The number of nitrogens with zero attached hydrogens (tertiary/aromatic N) is 4. The topological polar surface area (TPSA) is 97.8 Å². The van der Waals surface area contributed by atoms with Crippen molar-refractivity contribution in [2.75, 3.05) is 0 Å². The molecule has 0 aliphatic rings. The molecular formula is C32H29N5O. The largest absolute Gasteiger partial charge is 0.389 e. The molecule has 0 aliphatic carbocycles. The summed E-state index contributed by atoms with van der Waals surface area (Å²) >= 11 is 0. The minimum atomic E-state index is -0.575. The normalized spacial score (nSPS) is 12.5. The number of aromatic nitrogens is 4. The monoisotopic (exact) mass is 499 g/mol. The van der Waals surface area contributed by atoms with Crippen molar-refractivity contribution in [1.82, 2.24) is 19.9 Å². The molecule has 6 rings (SSSR count). The van der Waals surface area contributed by atoms with Crippen LogP contribution in [0.3, 0.4) is 0 Å². The van der Waals surface area contributed by atoms with Crippen LogP contribution >= 0.6 is 0 Å². The molecular weight excluding hydrogens is 470 g/mol. The van der Waals surface area contributed by atoms with E-state index < -0.39 is 6.10 Å². The zero-order chi connectivity index (χ0) is 26.5. The first kappa shape index (κ1) is 25.1. The van der Waals surface area contributed by atoms with Crippen molar-refractivity contribution >= 4 is 21.8 Å². The van der Waals surface area contributed by atoms with Gasteiger partial charge in [0.15, 0.2) is 0 Å². The van der Waals surface area contributed by atoms with Gasteiger partial charge in [-0.15, -0.1) is 0 Å². The summed E-state index contributed by atoms with van der Waals surface area (Å²) in [6.45, 7) is 3.72. The molecule has 38 heavy (non-hydrogen) atoms. The third kappa shape index (κ3) is 5.13. The summed E-state index contributed by atoms with van der Waals surface area (Å²) in [7, 11) is 0. The average Bonchev–Trinajstić information content (AvgIpc) is 2.97. The van der Waals surface area contributed by atoms with Crippen LogP contribution < -0.4 is 5.73 Å². The third-order valence-electron chi connectivity index (χ3n) is 6.39. The minimum Gasteiger partial charge on any atom is -0.389 e. The van der Waals surface area contributed by atoms with E-state index in [2.05, 4.69) is 26.0 Å². The summed E-state index contributed by atoms with van der Waals surface area (Å²) in [5.41, 5.74) is 13.6. The van der Waals surface area contributed by atoms with E-state index in [1.807, 2.05) is 92.0 Å². The Bertz CT molecular complexity index is 1540. The molecule has 0 saturated heterocycles. The number of hydrogen-bond acceptors (Lipinski definition) is 6. The Kier molecular flexibility index (Phi) is 7.45. The first-order valence-electron chi connectivity index (χ1n) is 12.6. The molecule has 4 aromatic heterocycles. The molecule has 4 heterocycles. The van der Waals surface area contributed by atoms with Crippen LogP contribution in [0.5, 0.6) is 0 Å². The minimum absolute atomic E-state index is 0.0749.